The summed E-state index contributed by atoms with van der Waals surface area (Å²) in [5, 5.41) is 4.61. The van der Waals surface area contributed by atoms with Crippen LogP contribution in [0.2, 0.25) is 0 Å². The first-order valence-electron chi connectivity index (χ1n) is 9.16. The standard InChI is InChI=1S/C18H26N4OS2/c1-2-3-4-7-10-20-14(23)11-24-18-21-16(19)15-12-8-5-6-9-13(12)25-17(15)22-18/h2-11H2,1H3,(H,20,23)(H2,19,21,22). The molecule has 2 aromatic rings. The maximum atomic E-state index is 11.9. The van der Waals surface area contributed by atoms with Crippen LogP contribution in [-0.2, 0) is 17.6 Å². The van der Waals surface area contributed by atoms with E-state index in [-0.39, 0.29) is 5.91 Å². The van der Waals surface area contributed by atoms with Gasteiger partial charge in [-0.25, -0.2) is 9.97 Å². The Hall–Kier alpha value is -1.34. The van der Waals surface area contributed by atoms with E-state index in [0.29, 0.717) is 16.7 Å². The first kappa shape index (κ1) is 18.5. The molecule has 2 heterocycles. The van der Waals surface area contributed by atoms with Gasteiger partial charge in [0.25, 0.3) is 0 Å². The number of rotatable bonds is 8. The minimum absolute atomic E-state index is 0.0363. The molecule has 0 spiro atoms. The first-order chi connectivity index (χ1) is 12.2. The molecule has 0 aromatic carbocycles. The highest BCUT2D eigenvalue weighted by atomic mass is 32.2. The van der Waals surface area contributed by atoms with E-state index in [1.165, 1.54) is 54.3 Å². The molecule has 7 heteroatoms. The van der Waals surface area contributed by atoms with Crippen LogP contribution in [0, 0.1) is 0 Å². The van der Waals surface area contributed by atoms with Gasteiger partial charge in [-0.05, 0) is 37.7 Å². The molecular weight excluding hydrogens is 352 g/mol. The van der Waals surface area contributed by atoms with Gasteiger partial charge in [0.05, 0.1) is 11.1 Å². The second-order valence-corrected chi connectivity index (χ2v) is 8.51. The van der Waals surface area contributed by atoms with Gasteiger partial charge in [0.15, 0.2) is 5.16 Å². The van der Waals surface area contributed by atoms with Crippen LogP contribution in [0.4, 0.5) is 5.82 Å². The Labute approximate surface area is 157 Å². The summed E-state index contributed by atoms with van der Waals surface area (Å²) in [6.07, 6.45) is 9.30. The predicted octanol–water partition coefficient (Wildman–Crippen LogP) is 3.94. The van der Waals surface area contributed by atoms with Crippen LogP contribution in [0.3, 0.4) is 0 Å². The van der Waals surface area contributed by atoms with Crippen LogP contribution in [0.5, 0.6) is 0 Å². The van der Waals surface area contributed by atoms with Crippen molar-refractivity contribution in [3.05, 3.63) is 10.4 Å². The highest BCUT2D eigenvalue weighted by Crippen LogP contribution is 2.38. The minimum Gasteiger partial charge on any atom is -0.383 e. The van der Waals surface area contributed by atoms with Crippen molar-refractivity contribution >= 4 is 45.0 Å². The molecule has 3 rings (SSSR count). The number of hydrogen-bond donors (Lipinski definition) is 2. The zero-order valence-corrected chi connectivity index (χ0v) is 16.4. The summed E-state index contributed by atoms with van der Waals surface area (Å²) >= 11 is 3.10. The van der Waals surface area contributed by atoms with Crippen molar-refractivity contribution in [2.24, 2.45) is 0 Å². The number of carbonyl (C=O) groups is 1. The number of thioether (sulfide) groups is 1. The molecule has 0 atom stereocenters. The maximum Gasteiger partial charge on any atom is 0.230 e. The average Bonchev–Trinajstić information content (AvgIpc) is 2.98. The summed E-state index contributed by atoms with van der Waals surface area (Å²) in [6, 6.07) is 0. The van der Waals surface area contributed by atoms with E-state index in [2.05, 4.69) is 22.2 Å². The average molecular weight is 379 g/mol. The highest BCUT2D eigenvalue weighted by Gasteiger charge is 2.20. The summed E-state index contributed by atoms with van der Waals surface area (Å²) in [7, 11) is 0. The Morgan fingerprint density at radius 3 is 2.92 bits per heavy atom. The Morgan fingerprint density at radius 2 is 2.08 bits per heavy atom. The van der Waals surface area contributed by atoms with Crippen molar-refractivity contribution in [1.29, 1.82) is 0 Å². The first-order valence-corrected chi connectivity index (χ1v) is 11.0. The lowest BCUT2D eigenvalue weighted by Crippen LogP contribution is -2.26. The third-order valence-corrected chi connectivity index (χ3v) is 6.54. The number of nitrogens with zero attached hydrogens (tertiary/aromatic N) is 2. The number of carbonyl (C=O) groups excluding carboxylic acids is 1. The Bertz CT molecular complexity index is 744. The molecule has 1 amide bonds. The number of amides is 1. The topological polar surface area (TPSA) is 80.9 Å². The number of thiophene rings is 1. The van der Waals surface area contributed by atoms with Crippen molar-refractivity contribution in [2.75, 3.05) is 18.0 Å². The van der Waals surface area contributed by atoms with Gasteiger partial charge in [-0.3, -0.25) is 4.79 Å². The van der Waals surface area contributed by atoms with E-state index in [0.717, 1.165) is 36.0 Å². The largest absolute Gasteiger partial charge is 0.383 e. The molecule has 3 N–H and O–H groups in total. The molecule has 1 aliphatic rings. The van der Waals surface area contributed by atoms with Gasteiger partial charge in [0.2, 0.25) is 5.91 Å². The van der Waals surface area contributed by atoms with E-state index >= 15 is 0 Å². The Kier molecular flexibility index (Phi) is 6.53. The molecule has 0 unspecified atom stereocenters. The summed E-state index contributed by atoms with van der Waals surface area (Å²) in [5.74, 6) is 0.935. The maximum absolute atomic E-state index is 11.9. The van der Waals surface area contributed by atoms with Gasteiger partial charge < -0.3 is 11.1 Å². The van der Waals surface area contributed by atoms with Gasteiger partial charge in [0, 0.05) is 11.4 Å². The van der Waals surface area contributed by atoms with E-state index in [1.807, 2.05) is 0 Å². The number of fused-ring (bicyclic) bond motifs is 3. The molecule has 0 saturated carbocycles. The number of anilines is 1. The van der Waals surface area contributed by atoms with E-state index < -0.39 is 0 Å². The van der Waals surface area contributed by atoms with Crippen LogP contribution >= 0.6 is 23.1 Å². The van der Waals surface area contributed by atoms with Crippen LogP contribution in [0.15, 0.2) is 5.16 Å². The number of nitrogens with two attached hydrogens (primary N) is 1. The Morgan fingerprint density at radius 1 is 1.24 bits per heavy atom. The molecule has 5 nitrogen and oxygen atoms in total. The van der Waals surface area contributed by atoms with Crippen molar-refractivity contribution in [1.82, 2.24) is 15.3 Å². The summed E-state index contributed by atoms with van der Waals surface area (Å²) in [5.41, 5.74) is 7.55. The lowest BCUT2D eigenvalue weighted by Gasteiger charge is -2.10. The molecule has 136 valence electrons. The number of aromatic nitrogens is 2. The van der Waals surface area contributed by atoms with Crippen molar-refractivity contribution in [2.45, 2.75) is 63.4 Å². The molecule has 0 saturated heterocycles. The molecule has 0 fully saturated rings. The van der Waals surface area contributed by atoms with Crippen molar-refractivity contribution < 1.29 is 4.79 Å². The van der Waals surface area contributed by atoms with E-state index in [4.69, 9.17) is 5.73 Å². The van der Waals surface area contributed by atoms with Gasteiger partial charge in [-0.15, -0.1) is 11.3 Å². The molecule has 25 heavy (non-hydrogen) atoms. The number of nitrogen functional groups attached to an aromatic ring is 1. The van der Waals surface area contributed by atoms with Crippen LogP contribution < -0.4 is 11.1 Å². The Balaban J connectivity index is 1.58. The highest BCUT2D eigenvalue weighted by molar-refractivity contribution is 7.99. The number of unbranched alkanes of at least 4 members (excludes halogenated alkanes) is 3. The molecule has 1 aliphatic carbocycles. The van der Waals surface area contributed by atoms with E-state index in [9.17, 15) is 4.79 Å². The predicted molar refractivity (Wildman–Crippen MR) is 106 cm³/mol. The van der Waals surface area contributed by atoms with Gasteiger partial charge in [-0.2, -0.15) is 0 Å². The van der Waals surface area contributed by atoms with Crippen LogP contribution in [0.1, 0.15) is 55.9 Å². The zero-order chi connectivity index (χ0) is 17.6. The fourth-order valence-electron chi connectivity index (χ4n) is 3.19. The van der Waals surface area contributed by atoms with Gasteiger partial charge in [0.1, 0.15) is 10.6 Å². The SMILES string of the molecule is CCCCCCNC(=O)CSc1nc(N)c2c3c(sc2n1)CCCC3. The smallest absolute Gasteiger partial charge is 0.230 e. The van der Waals surface area contributed by atoms with Gasteiger partial charge >= 0.3 is 0 Å². The summed E-state index contributed by atoms with van der Waals surface area (Å²) in [6.45, 7) is 2.93. The number of hydrogen-bond acceptors (Lipinski definition) is 6. The monoisotopic (exact) mass is 378 g/mol. The fourth-order valence-corrected chi connectivity index (χ4v) is 5.20. The summed E-state index contributed by atoms with van der Waals surface area (Å²) in [4.78, 5) is 23.4. The van der Waals surface area contributed by atoms with Gasteiger partial charge in [-0.1, -0.05) is 37.9 Å². The normalized spacial score (nSPS) is 13.8. The molecular formula is C18H26N4OS2. The number of nitrogens with one attached hydrogen (secondary N) is 1. The van der Waals surface area contributed by atoms with Crippen LogP contribution in [0.25, 0.3) is 10.2 Å². The van der Waals surface area contributed by atoms with Crippen molar-refractivity contribution in [3.63, 3.8) is 0 Å². The number of aryl methyl sites for hydroxylation is 2. The second-order valence-electron chi connectivity index (χ2n) is 6.48. The van der Waals surface area contributed by atoms with Crippen molar-refractivity contribution in [3.8, 4) is 0 Å². The molecule has 0 radical (unpaired) electrons. The lowest BCUT2D eigenvalue weighted by molar-refractivity contribution is -0.118. The van der Waals surface area contributed by atoms with Crippen LogP contribution in [-0.4, -0.2) is 28.2 Å². The molecule has 2 aromatic heterocycles. The summed E-state index contributed by atoms with van der Waals surface area (Å²) < 4.78 is 0. The molecule has 0 bridgehead atoms. The second kappa shape index (κ2) is 8.85. The fraction of sp³-hybridized carbons (Fsp3) is 0.611. The third kappa shape index (κ3) is 4.64. The minimum atomic E-state index is 0.0363. The zero-order valence-electron chi connectivity index (χ0n) is 14.8. The lowest BCUT2D eigenvalue weighted by atomic mass is 9.97. The third-order valence-electron chi connectivity index (χ3n) is 4.51. The molecule has 0 aliphatic heterocycles. The van der Waals surface area contributed by atoms with E-state index in [1.54, 1.807) is 11.3 Å². The quantitative estimate of drug-likeness (QED) is 0.413.